The number of carbonyl (C=O) groups is 1. The Morgan fingerprint density at radius 3 is 2.53 bits per heavy atom. The van der Waals surface area contributed by atoms with Gasteiger partial charge < -0.3 is 9.84 Å². The van der Waals surface area contributed by atoms with Crippen LogP contribution in [-0.2, 0) is 0 Å². The number of ether oxygens (including phenoxy) is 1. The summed E-state index contributed by atoms with van der Waals surface area (Å²) >= 11 is 3.32. The van der Waals surface area contributed by atoms with E-state index < -0.39 is 5.97 Å². The van der Waals surface area contributed by atoms with Crippen molar-refractivity contribution in [2.45, 2.75) is 26.7 Å². The summed E-state index contributed by atoms with van der Waals surface area (Å²) in [6, 6.07) is 4.80. The number of benzene rings is 1. The number of rotatable bonds is 6. The van der Waals surface area contributed by atoms with Crippen LogP contribution < -0.4 is 4.74 Å². The summed E-state index contributed by atoms with van der Waals surface area (Å²) in [5.41, 5.74) is 0.256. The van der Waals surface area contributed by atoms with Crippen molar-refractivity contribution in [1.29, 1.82) is 0 Å². The average molecular weight is 301 g/mol. The van der Waals surface area contributed by atoms with E-state index >= 15 is 0 Å². The molecule has 0 aliphatic heterocycles. The van der Waals surface area contributed by atoms with E-state index in [1.807, 2.05) is 0 Å². The van der Waals surface area contributed by atoms with E-state index in [9.17, 15) is 4.79 Å². The molecule has 0 heterocycles. The zero-order valence-electron chi connectivity index (χ0n) is 10.1. The molecule has 0 radical (unpaired) electrons. The standard InChI is InChI=1S/C13H17BrO3/c1-3-9(4-2)8-17-12-6-5-10(13(15)16)7-11(12)14/h5-7,9H,3-4,8H2,1-2H3,(H,15,16). The van der Waals surface area contributed by atoms with Crippen molar-refractivity contribution in [2.24, 2.45) is 5.92 Å². The van der Waals surface area contributed by atoms with E-state index in [4.69, 9.17) is 9.84 Å². The van der Waals surface area contributed by atoms with Gasteiger partial charge in [0.05, 0.1) is 16.6 Å². The molecule has 1 aromatic rings. The molecule has 4 heteroatoms. The fraction of sp³-hybridized carbons (Fsp3) is 0.462. The minimum absolute atomic E-state index is 0.256. The molecule has 0 aliphatic rings. The van der Waals surface area contributed by atoms with Crippen LogP contribution in [0.5, 0.6) is 5.75 Å². The summed E-state index contributed by atoms with van der Waals surface area (Å²) in [5, 5.41) is 8.83. The second-order valence-corrected chi connectivity index (χ2v) is 4.80. The van der Waals surface area contributed by atoms with Gasteiger partial charge in [0, 0.05) is 0 Å². The zero-order valence-corrected chi connectivity index (χ0v) is 11.7. The highest BCUT2D eigenvalue weighted by atomic mass is 79.9. The molecular formula is C13H17BrO3. The van der Waals surface area contributed by atoms with Crippen LogP contribution in [0.2, 0.25) is 0 Å². The molecule has 94 valence electrons. The Bertz CT molecular complexity index is 386. The second kappa shape index (κ2) is 6.64. The quantitative estimate of drug-likeness (QED) is 0.865. The van der Waals surface area contributed by atoms with Crippen LogP contribution >= 0.6 is 15.9 Å². The summed E-state index contributed by atoms with van der Waals surface area (Å²) in [6.45, 7) is 4.94. The van der Waals surface area contributed by atoms with E-state index in [0.717, 1.165) is 12.8 Å². The molecule has 0 aliphatic carbocycles. The highest BCUT2D eigenvalue weighted by Crippen LogP contribution is 2.27. The monoisotopic (exact) mass is 300 g/mol. The topological polar surface area (TPSA) is 46.5 Å². The Morgan fingerprint density at radius 2 is 2.06 bits per heavy atom. The molecular weight excluding hydrogens is 284 g/mol. The van der Waals surface area contributed by atoms with Crippen molar-refractivity contribution in [3.05, 3.63) is 28.2 Å². The number of hydrogen-bond acceptors (Lipinski definition) is 2. The SMILES string of the molecule is CCC(CC)COc1ccc(C(=O)O)cc1Br. The molecule has 0 bridgehead atoms. The molecule has 1 rings (SSSR count). The number of carboxylic acid groups (broad SMARTS) is 1. The maximum atomic E-state index is 10.8. The first kappa shape index (κ1) is 14.0. The molecule has 0 saturated heterocycles. The summed E-state index contributed by atoms with van der Waals surface area (Å²) in [6.07, 6.45) is 2.17. The predicted molar refractivity (Wildman–Crippen MR) is 70.7 cm³/mol. The van der Waals surface area contributed by atoms with Gasteiger partial charge in [0.15, 0.2) is 0 Å². The van der Waals surface area contributed by atoms with Crippen LogP contribution in [0.1, 0.15) is 37.0 Å². The van der Waals surface area contributed by atoms with E-state index in [1.54, 1.807) is 18.2 Å². The summed E-state index contributed by atoms with van der Waals surface area (Å²) in [5.74, 6) is 0.306. The van der Waals surface area contributed by atoms with Crippen molar-refractivity contribution in [3.63, 3.8) is 0 Å². The maximum absolute atomic E-state index is 10.8. The van der Waals surface area contributed by atoms with Gasteiger partial charge in [0.25, 0.3) is 0 Å². The van der Waals surface area contributed by atoms with E-state index in [2.05, 4.69) is 29.8 Å². The molecule has 0 spiro atoms. The minimum atomic E-state index is -0.933. The van der Waals surface area contributed by atoms with E-state index in [-0.39, 0.29) is 5.56 Å². The summed E-state index contributed by atoms with van der Waals surface area (Å²) in [7, 11) is 0. The van der Waals surface area contributed by atoms with Gasteiger partial charge >= 0.3 is 5.97 Å². The Balaban J connectivity index is 2.69. The molecule has 0 amide bonds. The fourth-order valence-electron chi connectivity index (χ4n) is 1.48. The highest BCUT2D eigenvalue weighted by Gasteiger charge is 2.09. The smallest absolute Gasteiger partial charge is 0.335 e. The van der Waals surface area contributed by atoms with Crippen LogP contribution in [-0.4, -0.2) is 17.7 Å². The number of carboxylic acids is 1. The number of halogens is 1. The van der Waals surface area contributed by atoms with Crippen LogP contribution in [0.25, 0.3) is 0 Å². The third kappa shape index (κ3) is 4.04. The van der Waals surface area contributed by atoms with Crippen molar-refractivity contribution < 1.29 is 14.6 Å². The van der Waals surface area contributed by atoms with Crippen LogP contribution in [0, 0.1) is 5.92 Å². The van der Waals surface area contributed by atoms with Gasteiger partial charge in [-0.1, -0.05) is 26.7 Å². The van der Waals surface area contributed by atoms with Gasteiger partial charge in [-0.25, -0.2) is 4.79 Å². The van der Waals surface area contributed by atoms with Crippen LogP contribution in [0.4, 0.5) is 0 Å². The van der Waals surface area contributed by atoms with Crippen molar-refractivity contribution in [3.8, 4) is 5.75 Å². The zero-order chi connectivity index (χ0) is 12.8. The van der Waals surface area contributed by atoms with E-state index in [0.29, 0.717) is 22.7 Å². The fourth-order valence-corrected chi connectivity index (χ4v) is 1.98. The largest absolute Gasteiger partial charge is 0.492 e. The van der Waals surface area contributed by atoms with Crippen LogP contribution in [0.15, 0.2) is 22.7 Å². The van der Waals surface area contributed by atoms with Gasteiger partial charge in [-0.2, -0.15) is 0 Å². The summed E-state index contributed by atoms with van der Waals surface area (Å²) < 4.78 is 6.36. The van der Waals surface area contributed by atoms with Crippen molar-refractivity contribution in [2.75, 3.05) is 6.61 Å². The molecule has 17 heavy (non-hydrogen) atoms. The molecule has 0 fully saturated rings. The molecule has 0 unspecified atom stereocenters. The van der Waals surface area contributed by atoms with E-state index in [1.165, 1.54) is 0 Å². The predicted octanol–water partition coefficient (Wildman–Crippen LogP) is 3.96. The lowest BCUT2D eigenvalue weighted by atomic mass is 10.1. The molecule has 1 N–H and O–H groups in total. The summed E-state index contributed by atoms with van der Waals surface area (Å²) in [4.78, 5) is 10.8. The Kier molecular flexibility index (Phi) is 5.48. The normalized spacial score (nSPS) is 10.6. The van der Waals surface area contributed by atoms with Crippen molar-refractivity contribution in [1.82, 2.24) is 0 Å². The lowest BCUT2D eigenvalue weighted by molar-refractivity contribution is 0.0696. The van der Waals surface area contributed by atoms with Gasteiger partial charge in [-0.05, 0) is 40.0 Å². The maximum Gasteiger partial charge on any atom is 0.335 e. The van der Waals surface area contributed by atoms with Gasteiger partial charge in [-0.15, -0.1) is 0 Å². The third-order valence-electron chi connectivity index (χ3n) is 2.81. The first-order valence-electron chi connectivity index (χ1n) is 5.74. The Morgan fingerprint density at radius 1 is 1.41 bits per heavy atom. The molecule has 0 saturated carbocycles. The molecule has 0 aromatic heterocycles. The molecule has 3 nitrogen and oxygen atoms in total. The second-order valence-electron chi connectivity index (χ2n) is 3.94. The van der Waals surface area contributed by atoms with Crippen LogP contribution in [0.3, 0.4) is 0 Å². The van der Waals surface area contributed by atoms with Gasteiger partial charge in [0.1, 0.15) is 5.75 Å². The first-order chi connectivity index (χ1) is 8.08. The Hall–Kier alpha value is -1.03. The first-order valence-corrected chi connectivity index (χ1v) is 6.53. The minimum Gasteiger partial charge on any atom is -0.492 e. The molecule has 0 atom stereocenters. The highest BCUT2D eigenvalue weighted by molar-refractivity contribution is 9.10. The molecule has 1 aromatic carbocycles. The van der Waals surface area contributed by atoms with Crippen molar-refractivity contribution >= 4 is 21.9 Å². The lowest BCUT2D eigenvalue weighted by Crippen LogP contribution is -2.10. The number of hydrogen-bond donors (Lipinski definition) is 1. The third-order valence-corrected chi connectivity index (χ3v) is 3.43. The van der Waals surface area contributed by atoms with Gasteiger partial charge in [0.2, 0.25) is 0 Å². The lowest BCUT2D eigenvalue weighted by Gasteiger charge is -2.14. The average Bonchev–Trinajstić information content (AvgIpc) is 2.31. The Labute approximate surface area is 110 Å². The van der Waals surface area contributed by atoms with Gasteiger partial charge in [-0.3, -0.25) is 0 Å². The number of aromatic carboxylic acids is 1.